The van der Waals surface area contributed by atoms with Gasteiger partial charge in [-0.15, -0.1) is 0 Å². The van der Waals surface area contributed by atoms with Crippen LogP contribution in [0.4, 0.5) is 4.39 Å². The molecule has 2 atom stereocenters. The largest absolute Gasteiger partial charge is 0.368 e. The van der Waals surface area contributed by atoms with Gasteiger partial charge in [0.2, 0.25) is 7.59 Å². The van der Waals surface area contributed by atoms with E-state index in [0.717, 1.165) is 6.42 Å². The number of amides is 2. The van der Waals surface area contributed by atoms with Crippen LogP contribution in [0.25, 0.3) is 0 Å². The molecular formula is C19H27FI2N4O2. The number of allylic oxidation sites excluding steroid dienone is 2. The molecule has 0 spiro atoms. The highest BCUT2D eigenvalue weighted by Gasteiger charge is 2.35. The number of nitrogens with one attached hydrogen (secondary N) is 3. The standard InChI is InChI=1S/C19H27FI2N4O2/c1-4-6-14(17(23)12(3)19(20,21)22)11-25-18(28)13-8-9-24-15(10-13)26-16(27)7-5-2/h4,6,8,10,12,17,24H,1,5,7,9,11,23H2,2-3H3,(H,25,28)(H,26,27)/b14-6-/t12-,17?/m0/s1. The molecule has 0 aromatic rings. The monoisotopic (exact) mass is 616 g/mol. The molecule has 5 N–H and O–H groups in total. The van der Waals surface area contributed by atoms with E-state index in [9.17, 15) is 14.0 Å². The van der Waals surface area contributed by atoms with Gasteiger partial charge in [0.1, 0.15) is 5.82 Å². The summed E-state index contributed by atoms with van der Waals surface area (Å²) in [7, 11) is 0. The zero-order valence-electron chi connectivity index (χ0n) is 16.0. The highest BCUT2D eigenvalue weighted by molar-refractivity contribution is 14.2. The van der Waals surface area contributed by atoms with E-state index in [-0.39, 0.29) is 18.4 Å². The van der Waals surface area contributed by atoms with Gasteiger partial charge in [-0.05, 0) is 63.3 Å². The van der Waals surface area contributed by atoms with Crippen LogP contribution in [-0.4, -0.2) is 32.6 Å². The Hall–Kier alpha value is -0.950. The Morgan fingerprint density at radius 1 is 1.50 bits per heavy atom. The maximum absolute atomic E-state index is 14.2. The number of alkyl halides is 3. The molecular weight excluding hydrogens is 589 g/mol. The molecule has 0 saturated heterocycles. The molecule has 0 fully saturated rings. The normalized spacial score (nSPS) is 16.9. The predicted molar refractivity (Wildman–Crippen MR) is 128 cm³/mol. The van der Waals surface area contributed by atoms with Gasteiger partial charge in [-0.1, -0.05) is 38.7 Å². The van der Waals surface area contributed by atoms with Crippen molar-refractivity contribution >= 4 is 57.0 Å². The van der Waals surface area contributed by atoms with Gasteiger partial charge in [0.05, 0.1) is 0 Å². The minimum absolute atomic E-state index is 0.105. The van der Waals surface area contributed by atoms with Crippen molar-refractivity contribution in [1.29, 1.82) is 0 Å². The van der Waals surface area contributed by atoms with Crippen molar-refractivity contribution in [3.8, 4) is 0 Å². The van der Waals surface area contributed by atoms with Crippen molar-refractivity contribution in [3.05, 3.63) is 47.9 Å². The second-order valence-corrected chi connectivity index (χ2v) is 11.6. The van der Waals surface area contributed by atoms with Crippen LogP contribution in [0, 0.1) is 5.92 Å². The topological polar surface area (TPSA) is 96.2 Å². The van der Waals surface area contributed by atoms with E-state index in [1.54, 1.807) is 76.4 Å². The third kappa shape index (κ3) is 8.19. The van der Waals surface area contributed by atoms with Crippen molar-refractivity contribution in [2.45, 2.75) is 34.4 Å². The zero-order chi connectivity index (χ0) is 21.3. The molecule has 0 radical (unpaired) electrons. The average Bonchev–Trinajstić information content (AvgIpc) is 2.63. The molecule has 0 bridgehead atoms. The number of nitrogens with two attached hydrogens (primary N) is 1. The summed E-state index contributed by atoms with van der Waals surface area (Å²) < 4.78 is 12.7. The molecule has 2 amide bonds. The molecule has 1 unspecified atom stereocenters. The molecule has 28 heavy (non-hydrogen) atoms. The van der Waals surface area contributed by atoms with Gasteiger partial charge in [0, 0.05) is 37.0 Å². The quantitative estimate of drug-likeness (QED) is 0.173. The summed E-state index contributed by atoms with van der Waals surface area (Å²) in [6.45, 7) is 7.92. The number of rotatable bonds is 10. The highest BCUT2D eigenvalue weighted by Crippen LogP contribution is 2.39. The Balaban J connectivity index is 2.76. The van der Waals surface area contributed by atoms with Crippen molar-refractivity contribution in [1.82, 2.24) is 16.0 Å². The second-order valence-electron chi connectivity index (χ2n) is 6.41. The molecule has 1 aliphatic rings. The first-order valence-electron chi connectivity index (χ1n) is 8.97. The summed E-state index contributed by atoms with van der Waals surface area (Å²) in [5.74, 6) is -0.370. The fourth-order valence-electron chi connectivity index (χ4n) is 2.46. The summed E-state index contributed by atoms with van der Waals surface area (Å²) in [5, 5.41) is 8.56. The molecule has 0 aromatic carbocycles. The summed E-state index contributed by atoms with van der Waals surface area (Å²) >= 11 is 3.43. The summed E-state index contributed by atoms with van der Waals surface area (Å²) in [6, 6.07) is -0.571. The molecule has 1 heterocycles. The van der Waals surface area contributed by atoms with Gasteiger partial charge in [-0.3, -0.25) is 9.59 Å². The molecule has 0 aliphatic carbocycles. The molecule has 9 heteroatoms. The van der Waals surface area contributed by atoms with Crippen molar-refractivity contribution < 1.29 is 14.0 Å². The van der Waals surface area contributed by atoms with Crippen molar-refractivity contribution in [2.24, 2.45) is 11.7 Å². The van der Waals surface area contributed by atoms with Crippen LogP contribution >= 0.6 is 45.2 Å². The highest BCUT2D eigenvalue weighted by atomic mass is 127. The number of carbonyl (C=O) groups is 2. The lowest BCUT2D eigenvalue weighted by molar-refractivity contribution is -0.120. The van der Waals surface area contributed by atoms with E-state index in [1.807, 2.05) is 6.92 Å². The lowest BCUT2D eigenvalue weighted by Crippen LogP contribution is -2.42. The fraction of sp³-hybridized carbons (Fsp3) is 0.474. The van der Waals surface area contributed by atoms with E-state index in [0.29, 0.717) is 29.9 Å². The average molecular weight is 616 g/mol. The van der Waals surface area contributed by atoms with Gasteiger partial charge in [-0.25, -0.2) is 4.39 Å². The predicted octanol–water partition coefficient (Wildman–Crippen LogP) is 2.96. The first-order chi connectivity index (χ1) is 13.1. The lowest BCUT2D eigenvalue weighted by atomic mass is 9.95. The van der Waals surface area contributed by atoms with Crippen LogP contribution in [0.15, 0.2) is 47.9 Å². The number of halogens is 3. The smallest absolute Gasteiger partial charge is 0.251 e. The lowest BCUT2D eigenvalue weighted by Gasteiger charge is -2.28. The third-order valence-electron chi connectivity index (χ3n) is 4.20. The van der Waals surface area contributed by atoms with Gasteiger partial charge in [-0.2, -0.15) is 0 Å². The minimum atomic E-state index is -1.51. The summed E-state index contributed by atoms with van der Waals surface area (Å²) in [5.41, 5.74) is 7.32. The number of carbonyl (C=O) groups excluding carboxylic acids is 2. The Bertz CT molecular complexity index is 684. The summed E-state index contributed by atoms with van der Waals surface area (Å²) in [4.78, 5) is 24.2. The molecule has 1 rings (SSSR count). The van der Waals surface area contributed by atoms with Crippen molar-refractivity contribution in [2.75, 3.05) is 13.1 Å². The van der Waals surface area contributed by atoms with E-state index >= 15 is 0 Å². The molecule has 6 nitrogen and oxygen atoms in total. The zero-order valence-corrected chi connectivity index (χ0v) is 20.3. The van der Waals surface area contributed by atoms with Crippen LogP contribution in [0.3, 0.4) is 0 Å². The van der Waals surface area contributed by atoms with Crippen LogP contribution in [-0.2, 0) is 9.59 Å². The molecule has 0 aromatic heterocycles. The SMILES string of the molecule is C=C/C=C(/CNC(=O)C1=CCNC(NC(=O)CCC)=C1)C(N)[C@H](C)C(F)(I)I. The number of hydrogen-bond donors (Lipinski definition) is 4. The van der Waals surface area contributed by atoms with Gasteiger partial charge >= 0.3 is 0 Å². The number of hydrogen-bond acceptors (Lipinski definition) is 4. The van der Waals surface area contributed by atoms with Crippen LogP contribution < -0.4 is 21.7 Å². The van der Waals surface area contributed by atoms with Crippen LogP contribution in [0.1, 0.15) is 26.7 Å². The summed E-state index contributed by atoms with van der Waals surface area (Å²) in [6.07, 6.45) is 7.75. The molecule has 1 aliphatic heterocycles. The van der Waals surface area contributed by atoms with Gasteiger partial charge in [0.25, 0.3) is 5.91 Å². The molecule has 156 valence electrons. The first kappa shape index (κ1) is 25.1. The Kier molecular flexibility index (Phi) is 10.7. The van der Waals surface area contributed by atoms with E-state index in [1.165, 1.54) is 0 Å². The van der Waals surface area contributed by atoms with Crippen LogP contribution in [0.5, 0.6) is 0 Å². The second kappa shape index (κ2) is 11.9. The van der Waals surface area contributed by atoms with E-state index in [4.69, 9.17) is 5.73 Å². The number of dihydropyridines is 1. The Labute approximate surface area is 193 Å². The Morgan fingerprint density at radius 3 is 2.75 bits per heavy atom. The Morgan fingerprint density at radius 2 is 2.18 bits per heavy atom. The maximum Gasteiger partial charge on any atom is 0.251 e. The molecule has 0 saturated carbocycles. The van der Waals surface area contributed by atoms with Crippen LogP contribution in [0.2, 0.25) is 0 Å². The van der Waals surface area contributed by atoms with E-state index < -0.39 is 13.6 Å². The minimum Gasteiger partial charge on any atom is -0.368 e. The maximum atomic E-state index is 14.2. The third-order valence-corrected chi connectivity index (χ3v) is 6.16. The van der Waals surface area contributed by atoms with Gasteiger partial charge < -0.3 is 21.7 Å². The van der Waals surface area contributed by atoms with Crippen molar-refractivity contribution in [3.63, 3.8) is 0 Å². The van der Waals surface area contributed by atoms with Gasteiger partial charge in [0.15, 0.2) is 0 Å². The first-order valence-corrected chi connectivity index (χ1v) is 11.1. The van der Waals surface area contributed by atoms with E-state index in [2.05, 4.69) is 22.5 Å². The fourth-order valence-corrected chi connectivity index (χ4v) is 3.24.